The Balaban J connectivity index is 1.70. The van der Waals surface area contributed by atoms with Crippen LogP contribution >= 0.6 is 0 Å². The van der Waals surface area contributed by atoms with Crippen molar-refractivity contribution in [3.8, 4) is 0 Å². The van der Waals surface area contributed by atoms with Gasteiger partial charge >= 0.3 is 0 Å². The van der Waals surface area contributed by atoms with Crippen molar-refractivity contribution in [2.75, 3.05) is 26.3 Å². The number of ether oxygens (including phenoxy) is 1. The third-order valence-corrected chi connectivity index (χ3v) is 5.21. The molecule has 4 rings (SSSR count). The zero-order valence-corrected chi connectivity index (χ0v) is 10.9. The van der Waals surface area contributed by atoms with Crippen molar-refractivity contribution < 1.29 is 4.74 Å². The van der Waals surface area contributed by atoms with Gasteiger partial charge in [-0.1, -0.05) is 18.2 Å². The van der Waals surface area contributed by atoms with E-state index in [1.165, 1.54) is 38.8 Å². The Bertz CT molecular complexity index is 460. The van der Waals surface area contributed by atoms with E-state index >= 15 is 0 Å². The predicted molar refractivity (Wildman–Crippen MR) is 71.9 cm³/mol. The molecule has 1 aromatic rings. The molecule has 0 bridgehead atoms. The SMILES string of the molecule is c1cc2c(cc1C1(C3CNC3)COC1)CCCC2. The quantitative estimate of drug-likeness (QED) is 0.858. The van der Waals surface area contributed by atoms with Crippen LogP contribution in [0.2, 0.25) is 0 Å². The van der Waals surface area contributed by atoms with Gasteiger partial charge in [-0.2, -0.15) is 0 Å². The molecule has 1 aromatic carbocycles. The first-order valence-electron chi connectivity index (χ1n) is 7.29. The van der Waals surface area contributed by atoms with Crippen LogP contribution in [0, 0.1) is 5.92 Å². The maximum atomic E-state index is 5.57. The first-order chi connectivity index (χ1) is 8.88. The molecule has 1 N–H and O–H groups in total. The summed E-state index contributed by atoms with van der Waals surface area (Å²) in [5.41, 5.74) is 5.07. The Morgan fingerprint density at radius 2 is 1.83 bits per heavy atom. The van der Waals surface area contributed by atoms with Crippen LogP contribution < -0.4 is 5.32 Å². The fourth-order valence-corrected chi connectivity index (χ4v) is 3.68. The van der Waals surface area contributed by atoms with E-state index < -0.39 is 0 Å². The number of hydrogen-bond acceptors (Lipinski definition) is 2. The van der Waals surface area contributed by atoms with E-state index in [9.17, 15) is 0 Å². The van der Waals surface area contributed by atoms with Crippen LogP contribution in [0.5, 0.6) is 0 Å². The molecule has 0 unspecified atom stereocenters. The molecule has 96 valence electrons. The lowest BCUT2D eigenvalue weighted by molar-refractivity contribution is -0.101. The molecule has 2 saturated heterocycles. The van der Waals surface area contributed by atoms with Gasteiger partial charge in [-0.15, -0.1) is 0 Å². The highest BCUT2D eigenvalue weighted by Crippen LogP contribution is 2.42. The molecule has 2 heterocycles. The second-order valence-corrected chi connectivity index (χ2v) is 6.19. The molecule has 0 aromatic heterocycles. The van der Waals surface area contributed by atoms with Crippen molar-refractivity contribution in [2.45, 2.75) is 31.1 Å². The van der Waals surface area contributed by atoms with Gasteiger partial charge in [0.15, 0.2) is 0 Å². The summed E-state index contributed by atoms with van der Waals surface area (Å²) >= 11 is 0. The molecule has 0 spiro atoms. The van der Waals surface area contributed by atoms with Gasteiger partial charge < -0.3 is 10.1 Å². The lowest BCUT2D eigenvalue weighted by atomic mass is 9.65. The summed E-state index contributed by atoms with van der Waals surface area (Å²) in [6, 6.07) is 7.26. The second kappa shape index (κ2) is 4.07. The molecule has 0 atom stereocenters. The first kappa shape index (κ1) is 11.0. The van der Waals surface area contributed by atoms with Crippen molar-refractivity contribution in [2.24, 2.45) is 5.92 Å². The third-order valence-electron chi connectivity index (χ3n) is 5.21. The molecule has 0 radical (unpaired) electrons. The minimum atomic E-state index is 0.331. The highest BCUT2D eigenvalue weighted by Gasteiger charge is 2.49. The number of benzene rings is 1. The molecule has 3 aliphatic rings. The molecule has 2 heteroatoms. The van der Waals surface area contributed by atoms with Gasteiger partial charge in [0.1, 0.15) is 0 Å². The van der Waals surface area contributed by atoms with Gasteiger partial charge in [-0.05, 0) is 48.3 Å². The summed E-state index contributed by atoms with van der Waals surface area (Å²) in [6.07, 6.45) is 5.30. The average molecular weight is 243 g/mol. The lowest BCUT2D eigenvalue weighted by Crippen LogP contribution is -2.62. The van der Waals surface area contributed by atoms with E-state index in [-0.39, 0.29) is 0 Å². The summed E-state index contributed by atoms with van der Waals surface area (Å²) < 4.78 is 5.57. The highest BCUT2D eigenvalue weighted by atomic mass is 16.5. The molecule has 18 heavy (non-hydrogen) atoms. The minimum absolute atomic E-state index is 0.331. The largest absolute Gasteiger partial charge is 0.379 e. The molecular formula is C16H21NO. The third kappa shape index (κ3) is 1.49. The molecule has 0 saturated carbocycles. The van der Waals surface area contributed by atoms with E-state index in [0.717, 1.165) is 19.1 Å². The van der Waals surface area contributed by atoms with Crippen molar-refractivity contribution in [1.29, 1.82) is 0 Å². The number of rotatable bonds is 2. The smallest absolute Gasteiger partial charge is 0.0589 e. The van der Waals surface area contributed by atoms with Crippen LogP contribution in [0.25, 0.3) is 0 Å². The van der Waals surface area contributed by atoms with Crippen LogP contribution in [0.15, 0.2) is 18.2 Å². The van der Waals surface area contributed by atoms with Crippen molar-refractivity contribution in [1.82, 2.24) is 5.32 Å². The maximum Gasteiger partial charge on any atom is 0.0589 e. The Kier molecular flexibility index (Phi) is 2.49. The van der Waals surface area contributed by atoms with Gasteiger partial charge in [0, 0.05) is 18.5 Å². The van der Waals surface area contributed by atoms with E-state index in [1.54, 1.807) is 16.7 Å². The number of fused-ring (bicyclic) bond motifs is 1. The maximum absolute atomic E-state index is 5.57. The summed E-state index contributed by atoms with van der Waals surface area (Å²) in [6.45, 7) is 4.19. The second-order valence-electron chi connectivity index (χ2n) is 6.19. The summed E-state index contributed by atoms with van der Waals surface area (Å²) in [7, 11) is 0. The fraction of sp³-hybridized carbons (Fsp3) is 0.625. The lowest BCUT2D eigenvalue weighted by Gasteiger charge is -2.51. The summed E-state index contributed by atoms with van der Waals surface area (Å²) in [5.74, 6) is 0.785. The van der Waals surface area contributed by atoms with Gasteiger partial charge in [-0.25, -0.2) is 0 Å². The highest BCUT2D eigenvalue weighted by molar-refractivity contribution is 5.39. The van der Waals surface area contributed by atoms with E-state index in [0.29, 0.717) is 5.41 Å². The van der Waals surface area contributed by atoms with Crippen LogP contribution in [0.4, 0.5) is 0 Å². The van der Waals surface area contributed by atoms with E-state index in [1.807, 2.05) is 0 Å². The summed E-state index contributed by atoms with van der Waals surface area (Å²) in [5, 5.41) is 3.41. The van der Waals surface area contributed by atoms with E-state index in [4.69, 9.17) is 4.74 Å². The zero-order chi connectivity index (χ0) is 12.0. The Morgan fingerprint density at radius 1 is 1.06 bits per heavy atom. The first-order valence-corrected chi connectivity index (χ1v) is 7.29. The Morgan fingerprint density at radius 3 is 2.44 bits per heavy atom. The average Bonchev–Trinajstić information content (AvgIpc) is 2.30. The minimum Gasteiger partial charge on any atom is -0.379 e. The molecule has 2 nitrogen and oxygen atoms in total. The topological polar surface area (TPSA) is 21.3 Å². The molecule has 2 fully saturated rings. The number of hydrogen-bond donors (Lipinski definition) is 1. The molecule has 2 aliphatic heterocycles. The Hall–Kier alpha value is -0.860. The van der Waals surface area contributed by atoms with Gasteiger partial charge in [0.2, 0.25) is 0 Å². The van der Waals surface area contributed by atoms with Gasteiger partial charge in [0.05, 0.1) is 13.2 Å². The number of aryl methyl sites for hydroxylation is 2. The zero-order valence-electron chi connectivity index (χ0n) is 10.9. The monoisotopic (exact) mass is 243 g/mol. The van der Waals surface area contributed by atoms with Crippen molar-refractivity contribution in [3.63, 3.8) is 0 Å². The van der Waals surface area contributed by atoms with Crippen LogP contribution in [-0.2, 0) is 23.0 Å². The van der Waals surface area contributed by atoms with Gasteiger partial charge in [-0.3, -0.25) is 0 Å². The standard InChI is InChI=1S/C16H21NO/c1-2-4-13-7-14(6-5-12(13)3-1)16(10-18-11-16)15-8-17-9-15/h5-7,15,17H,1-4,8-11H2. The normalized spacial score (nSPS) is 26.0. The van der Waals surface area contributed by atoms with Crippen molar-refractivity contribution >= 4 is 0 Å². The van der Waals surface area contributed by atoms with Crippen LogP contribution in [0.1, 0.15) is 29.5 Å². The Labute approximate surface area is 109 Å². The van der Waals surface area contributed by atoms with E-state index in [2.05, 4.69) is 23.5 Å². The fourth-order valence-electron chi connectivity index (χ4n) is 3.68. The molecular weight excluding hydrogens is 222 g/mol. The summed E-state index contributed by atoms with van der Waals surface area (Å²) in [4.78, 5) is 0. The molecule has 0 amide bonds. The molecule has 1 aliphatic carbocycles. The predicted octanol–water partition coefficient (Wildman–Crippen LogP) is 2.05. The van der Waals surface area contributed by atoms with Crippen LogP contribution in [0.3, 0.4) is 0 Å². The van der Waals surface area contributed by atoms with Crippen molar-refractivity contribution in [3.05, 3.63) is 34.9 Å². The van der Waals surface area contributed by atoms with Crippen LogP contribution in [-0.4, -0.2) is 26.3 Å². The number of nitrogens with one attached hydrogen (secondary N) is 1. The van der Waals surface area contributed by atoms with Gasteiger partial charge in [0.25, 0.3) is 0 Å².